The van der Waals surface area contributed by atoms with E-state index in [2.05, 4.69) is 5.32 Å². The predicted octanol–water partition coefficient (Wildman–Crippen LogP) is 2.95. The predicted molar refractivity (Wildman–Crippen MR) is 88.2 cm³/mol. The van der Waals surface area contributed by atoms with Crippen LogP contribution in [0.4, 0.5) is 10.5 Å². The Balaban J connectivity index is 1.92. The van der Waals surface area contributed by atoms with Gasteiger partial charge in [-0.15, -0.1) is 0 Å². The molecule has 1 aromatic heterocycles. The number of benzene rings is 1. The monoisotopic (exact) mass is 299 g/mol. The molecule has 1 fully saturated rings. The van der Waals surface area contributed by atoms with Gasteiger partial charge in [-0.3, -0.25) is 4.79 Å². The van der Waals surface area contributed by atoms with Crippen molar-refractivity contribution in [2.45, 2.75) is 25.7 Å². The Bertz CT molecular complexity index is 743. The van der Waals surface area contributed by atoms with Gasteiger partial charge in [0, 0.05) is 37.1 Å². The second-order valence-electron chi connectivity index (χ2n) is 5.84. The van der Waals surface area contributed by atoms with Gasteiger partial charge in [0.1, 0.15) is 0 Å². The maximum Gasteiger partial charge on any atom is 0.321 e. The Morgan fingerprint density at radius 1 is 1.05 bits per heavy atom. The molecule has 0 bridgehead atoms. The fourth-order valence-corrected chi connectivity index (χ4v) is 2.98. The molecule has 0 saturated carbocycles. The van der Waals surface area contributed by atoms with Crippen molar-refractivity contribution in [1.82, 2.24) is 9.47 Å². The van der Waals surface area contributed by atoms with Crippen LogP contribution in [0.2, 0.25) is 0 Å². The first-order valence-electron chi connectivity index (χ1n) is 7.81. The van der Waals surface area contributed by atoms with E-state index in [0.29, 0.717) is 11.1 Å². The number of hydrogen-bond donors (Lipinski definition) is 1. The van der Waals surface area contributed by atoms with Crippen LogP contribution in [0.5, 0.6) is 0 Å². The number of anilines is 1. The zero-order valence-corrected chi connectivity index (χ0v) is 12.8. The van der Waals surface area contributed by atoms with E-state index < -0.39 is 0 Å². The Morgan fingerprint density at radius 3 is 2.36 bits per heavy atom. The van der Waals surface area contributed by atoms with E-state index in [1.807, 2.05) is 23.1 Å². The van der Waals surface area contributed by atoms with E-state index in [0.717, 1.165) is 31.3 Å². The molecule has 2 aromatic rings. The minimum absolute atomic E-state index is 0.0524. The Hall–Kier alpha value is -2.30. The minimum Gasteiger partial charge on any atom is -0.325 e. The molecule has 3 rings (SSSR count). The van der Waals surface area contributed by atoms with Gasteiger partial charge in [-0.2, -0.15) is 0 Å². The number of nitrogens with one attached hydrogen (secondary N) is 1. The van der Waals surface area contributed by atoms with Crippen molar-refractivity contribution >= 4 is 22.5 Å². The highest BCUT2D eigenvalue weighted by Gasteiger charge is 2.17. The molecule has 1 aromatic carbocycles. The molecule has 0 radical (unpaired) electrons. The molecule has 0 unspecified atom stereocenters. The van der Waals surface area contributed by atoms with Crippen LogP contribution in [-0.2, 0) is 7.05 Å². The third-order valence-electron chi connectivity index (χ3n) is 4.23. The van der Waals surface area contributed by atoms with Gasteiger partial charge in [0.2, 0.25) is 0 Å². The van der Waals surface area contributed by atoms with E-state index in [-0.39, 0.29) is 11.6 Å². The van der Waals surface area contributed by atoms with E-state index >= 15 is 0 Å². The molecular weight excluding hydrogens is 278 g/mol. The van der Waals surface area contributed by atoms with Gasteiger partial charge in [0.25, 0.3) is 5.56 Å². The molecule has 0 spiro atoms. The van der Waals surface area contributed by atoms with Gasteiger partial charge in [-0.1, -0.05) is 31.0 Å². The minimum atomic E-state index is -0.0781. The van der Waals surface area contributed by atoms with Crippen molar-refractivity contribution in [2.24, 2.45) is 7.05 Å². The standard InChI is InChI=1S/C17H21N3O2/c1-19-12-15(13-8-4-5-9-14(13)16(19)21)18-17(22)20-10-6-2-3-7-11-20/h4-5,8-9,12H,2-3,6-7,10-11H2,1H3,(H,18,22). The maximum atomic E-state index is 12.5. The number of nitrogens with zero attached hydrogens (tertiary/aromatic N) is 2. The van der Waals surface area contributed by atoms with Crippen molar-refractivity contribution in [3.8, 4) is 0 Å². The van der Waals surface area contributed by atoms with E-state index in [1.54, 1.807) is 19.3 Å². The lowest BCUT2D eigenvalue weighted by Gasteiger charge is -2.21. The number of fused-ring (bicyclic) bond motifs is 1. The van der Waals surface area contributed by atoms with Crippen LogP contribution in [0.3, 0.4) is 0 Å². The summed E-state index contributed by atoms with van der Waals surface area (Å²) in [7, 11) is 1.70. The zero-order valence-electron chi connectivity index (χ0n) is 12.8. The average Bonchev–Trinajstić information content (AvgIpc) is 2.81. The quantitative estimate of drug-likeness (QED) is 0.880. The number of aromatic nitrogens is 1. The van der Waals surface area contributed by atoms with E-state index in [4.69, 9.17) is 0 Å². The summed E-state index contributed by atoms with van der Waals surface area (Å²) < 4.78 is 1.51. The lowest BCUT2D eigenvalue weighted by Crippen LogP contribution is -2.36. The van der Waals surface area contributed by atoms with Gasteiger partial charge in [-0.05, 0) is 18.9 Å². The fraction of sp³-hybridized carbons (Fsp3) is 0.412. The van der Waals surface area contributed by atoms with E-state index in [1.165, 1.54) is 17.4 Å². The van der Waals surface area contributed by atoms with Crippen LogP contribution in [-0.4, -0.2) is 28.6 Å². The van der Waals surface area contributed by atoms with Crippen LogP contribution in [0.1, 0.15) is 25.7 Å². The number of carbonyl (C=O) groups excluding carboxylic acids is 1. The molecular formula is C17H21N3O2. The smallest absolute Gasteiger partial charge is 0.321 e. The first-order chi connectivity index (χ1) is 10.7. The molecule has 0 aliphatic carbocycles. The topological polar surface area (TPSA) is 54.3 Å². The van der Waals surface area contributed by atoms with Crippen LogP contribution in [0.15, 0.2) is 35.3 Å². The van der Waals surface area contributed by atoms with Crippen LogP contribution < -0.4 is 10.9 Å². The summed E-state index contributed by atoms with van der Waals surface area (Å²) in [4.78, 5) is 26.5. The van der Waals surface area contributed by atoms with Gasteiger partial charge in [-0.25, -0.2) is 4.79 Å². The third kappa shape index (κ3) is 2.84. The van der Waals surface area contributed by atoms with Crippen LogP contribution in [0, 0.1) is 0 Å². The Morgan fingerprint density at radius 2 is 1.68 bits per heavy atom. The van der Waals surface area contributed by atoms with Crippen molar-refractivity contribution in [1.29, 1.82) is 0 Å². The second-order valence-corrected chi connectivity index (χ2v) is 5.84. The summed E-state index contributed by atoms with van der Waals surface area (Å²) in [5.74, 6) is 0. The number of hydrogen-bond acceptors (Lipinski definition) is 2. The highest BCUT2D eigenvalue weighted by atomic mass is 16.2. The number of likely N-dealkylation sites (tertiary alicyclic amines) is 1. The van der Waals surface area contributed by atoms with Crippen LogP contribution >= 0.6 is 0 Å². The first kappa shape index (κ1) is 14.6. The Kier molecular flexibility index (Phi) is 4.13. The summed E-state index contributed by atoms with van der Waals surface area (Å²) in [6.07, 6.45) is 6.18. The lowest BCUT2D eigenvalue weighted by molar-refractivity contribution is 0.214. The number of pyridine rings is 1. The molecule has 1 aliphatic rings. The van der Waals surface area contributed by atoms with E-state index in [9.17, 15) is 9.59 Å². The van der Waals surface area contributed by atoms with Crippen molar-refractivity contribution in [3.05, 3.63) is 40.8 Å². The van der Waals surface area contributed by atoms with Gasteiger partial charge in [0.15, 0.2) is 0 Å². The summed E-state index contributed by atoms with van der Waals surface area (Å²) in [6.45, 7) is 1.60. The van der Waals surface area contributed by atoms with Crippen LogP contribution in [0.25, 0.3) is 10.8 Å². The van der Waals surface area contributed by atoms with Gasteiger partial charge >= 0.3 is 6.03 Å². The lowest BCUT2D eigenvalue weighted by atomic mass is 10.1. The fourth-order valence-electron chi connectivity index (χ4n) is 2.98. The Labute approximate surface area is 129 Å². The number of aryl methyl sites for hydroxylation is 1. The zero-order chi connectivity index (χ0) is 15.5. The summed E-state index contributed by atoms with van der Waals surface area (Å²) in [5.41, 5.74) is 0.635. The SMILES string of the molecule is Cn1cc(NC(=O)N2CCCCCC2)c2ccccc2c1=O. The first-order valence-corrected chi connectivity index (χ1v) is 7.81. The number of amides is 2. The summed E-state index contributed by atoms with van der Waals surface area (Å²) in [5, 5.41) is 4.39. The molecule has 2 amide bonds. The molecule has 1 aliphatic heterocycles. The highest BCUT2D eigenvalue weighted by Crippen LogP contribution is 2.21. The van der Waals surface area contributed by atoms with Crippen molar-refractivity contribution in [3.63, 3.8) is 0 Å². The average molecular weight is 299 g/mol. The summed E-state index contributed by atoms with van der Waals surface area (Å²) >= 11 is 0. The largest absolute Gasteiger partial charge is 0.325 e. The molecule has 116 valence electrons. The van der Waals surface area contributed by atoms with Gasteiger partial charge in [0.05, 0.1) is 5.69 Å². The third-order valence-corrected chi connectivity index (χ3v) is 4.23. The second kappa shape index (κ2) is 6.22. The van der Waals surface area contributed by atoms with Crippen molar-refractivity contribution < 1.29 is 4.79 Å². The number of urea groups is 1. The molecule has 1 N–H and O–H groups in total. The molecule has 0 atom stereocenters. The molecule has 2 heterocycles. The molecule has 5 nitrogen and oxygen atoms in total. The maximum absolute atomic E-state index is 12.5. The number of carbonyl (C=O) groups is 1. The normalized spacial score (nSPS) is 15.6. The molecule has 5 heteroatoms. The number of rotatable bonds is 1. The molecule has 22 heavy (non-hydrogen) atoms. The molecule has 1 saturated heterocycles. The van der Waals surface area contributed by atoms with Gasteiger partial charge < -0.3 is 14.8 Å². The summed E-state index contributed by atoms with van der Waals surface area (Å²) in [6, 6.07) is 7.30. The van der Waals surface area contributed by atoms with Crippen molar-refractivity contribution in [2.75, 3.05) is 18.4 Å². The highest BCUT2D eigenvalue weighted by molar-refractivity contribution is 6.00.